The van der Waals surface area contributed by atoms with Crippen molar-refractivity contribution in [1.29, 1.82) is 0 Å². The summed E-state index contributed by atoms with van der Waals surface area (Å²) in [4.78, 5) is 24.0. The summed E-state index contributed by atoms with van der Waals surface area (Å²) >= 11 is 6.55. The predicted octanol–water partition coefficient (Wildman–Crippen LogP) is 8.58. The van der Waals surface area contributed by atoms with E-state index in [1.54, 1.807) is 12.4 Å². The molecule has 7 heteroatoms. The van der Waals surface area contributed by atoms with Gasteiger partial charge in [0.05, 0.1) is 5.71 Å². The van der Waals surface area contributed by atoms with Gasteiger partial charge in [-0.1, -0.05) is 76.4 Å². The van der Waals surface area contributed by atoms with Gasteiger partial charge in [0.2, 0.25) is 0 Å². The Morgan fingerprint density at radius 2 is 1.98 bits per heavy atom. The van der Waals surface area contributed by atoms with Crippen molar-refractivity contribution in [2.75, 3.05) is 13.6 Å². The van der Waals surface area contributed by atoms with E-state index in [1.165, 1.54) is 25.7 Å². The Kier molecular flexibility index (Phi) is 12.5. The number of carbonyl (C=O) groups is 1. The van der Waals surface area contributed by atoms with Crippen LogP contribution in [0.1, 0.15) is 88.1 Å². The van der Waals surface area contributed by atoms with Gasteiger partial charge in [0.1, 0.15) is 5.82 Å². The van der Waals surface area contributed by atoms with Gasteiger partial charge in [0.25, 0.3) is 0 Å². The average Bonchev–Trinajstić information content (AvgIpc) is 3.17. The number of allylic oxidation sites excluding steroid dienone is 2. The van der Waals surface area contributed by atoms with Gasteiger partial charge in [-0.2, -0.15) is 0 Å². The summed E-state index contributed by atoms with van der Waals surface area (Å²) in [5.74, 6) is 1.06. The number of aliphatic imine (C=N–C) groups is 1. The quantitative estimate of drug-likeness (QED) is 0.191. The summed E-state index contributed by atoms with van der Waals surface area (Å²) < 4.78 is 2.08. The predicted molar refractivity (Wildman–Crippen MR) is 174 cm³/mol. The molecule has 0 bridgehead atoms. The first-order valence-corrected chi connectivity index (χ1v) is 15.3. The van der Waals surface area contributed by atoms with E-state index in [0.29, 0.717) is 18.1 Å². The molecule has 0 spiro atoms. The van der Waals surface area contributed by atoms with Crippen LogP contribution in [0.25, 0.3) is 5.57 Å². The molecule has 1 saturated carbocycles. The molecule has 1 aliphatic carbocycles. The summed E-state index contributed by atoms with van der Waals surface area (Å²) in [5, 5.41) is 3.94. The molecule has 2 aromatic rings. The number of nitrogens with zero attached hydrogens (tertiary/aromatic N) is 4. The van der Waals surface area contributed by atoms with Crippen LogP contribution in [0.4, 0.5) is 4.79 Å². The molecule has 1 aromatic heterocycles. The van der Waals surface area contributed by atoms with Crippen LogP contribution in [0.15, 0.2) is 67.1 Å². The van der Waals surface area contributed by atoms with Gasteiger partial charge in [-0.15, -0.1) is 0 Å². The lowest BCUT2D eigenvalue weighted by molar-refractivity contribution is 0.199. The maximum atomic E-state index is 13.1. The Hall–Kier alpha value is -3.12. The van der Waals surface area contributed by atoms with Gasteiger partial charge in [-0.3, -0.25) is 4.99 Å². The molecule has 6 nitrogen and oxygen atoms in total. The number of benzene rings is 1. The fourth-order valence-electron chi connectivity index (χ4n) is 5.92. The molecular weight excluding hydrogens is 530 g/mol. The van der Waals surface area contributed by atoms with Gasteiger partial charge in [0.15, 0.2) is 0 Å². The molecule has 2 amide bonds. The van der Waals surface area contributed by atoms with E-state index in [-0.39, 0.29) is 23.9 Å². The molecule has 0 aliphatic heterocycles. The summed E-state index contributed by atoms with van der Waals surface area (Å²) in [5.41, 5.74) is 4.85. The van der Waals surface area contributed by atoms with Crippen molar-refractivity contribution in [1.82, 2.24) is 19.8 Å². The number of imidazole rings is 1. The lowest BCUT2D eigenvalue weighted by Crippen LogP contribution is -2.43. The van der Waals surface area contributed by atoms with E-state index in [4.69, 9.17) is 16.6 Å². The van der Waals surface area contributed by atoms with Gasteiger partial charge in [-0.25, -0.2) is 9.78 Å². The zero-order chi connectivity index (χ0) is 29.9. The first kappa shape index (κ1) is 32.4. The summed E-state index contributed by atoms with van der Waals surface area (Å²) in [6.45, 7) is 20.1. The van der Waals surface area contributed by atoms with Crippen LogP contribution in [-0.4, -0.2) is 45.8 Å². The van der Waals surface area contributed by atoms with Crippen LogP contribution in [0.5, 0.6) is 0 Å². The van der Waals surface area contributed by atoms with Crippen molar-refractivity contribution in [3.8, 4) is 0 Å². The maximum absolute atomic E-state index is 13.1. The Morgan fingerprint density at radius 3 is 2.56 bits per heavy atom. The highest BCUT2D eigenvalue weighted by atomic mass is 35.5. The SMILES string of the molecule is C=CN=C(C(=C)C)C(c1ccc(Cl)cc1C(=C)Cn1ccnc1C)C(CC)CCN(C)C(=O)NC1CCCCCC1. The Balaban J connectivity index is 1.90. The summed E-state index contributed by atoms with van der Waals surface area (Å²) in [6, 6.07) is 6.33. The van der Waals surface area contributed by atoms with Crippen molar-refractivity contribution in [2.24, 2.45) is 10.9 Å². The third-order valence-electron chi connectivity index (χ3n) is 8.34. The molecule has 1 fully saturated rings. The largest absolute Gasteiger partial charge is 0.335 e. The van der Waals surface area contributed by atoms with Crippen LogP contribution in [-0.2, 0) is 6.54 Å². The van der Waals surface area contributed by atoms with E-state index in [2.05, 4.69) is 47.6 Å². The van der Waals surface area contributed by atoms with Crippen molar-refractivity contribution in [3.63, 3.8) is 0 Å². The highest BCUT2D eigenvalue weighted by molar-refractivity contribution is 6.30. The van der Waals surface area contributed by atoms with E-state index in [1.807, 2.05) is 44.1 Å². The summed E-state index contributed by atoms with van der Waals surface area (Å²) in [7, 11) is 1.90. The van der Waals surface area contributed by atoms with Crippen LogP contribution in [0.2, 0.25) is 5.02 Å². The lowest BCUT2D eigenvalue weighted by Gasteiger charge is -2.32. The smallest absolute Gasteiger partial charge is 0.317 e. The van der Waals surface area contributed by atoms with Crippen LogP contribution in [0, 0.1) is 12.8 Å². The molecule has 2 atom stereocenters. The molecule has 1 aliphatic rings. The molecule has 3 rings (SSSR count). The normalized spacial score (nSPS) is 16.0. The topological polar surface area (TPSA) is 62.5 Å². The molecule has 0 radical (unpaired) electrons. The Labute approximate surface area is 252 Å². The minimum absolute atomic E-state index is 0.0134. The molecule has 1 heterocycles. The van der Waals surface area contributed by atoms with Crippen LogP contribution < -0.4 is 5.32 Å². The number of hydrogen-bond acceptors (Lipinski definition) is 3. The molecule has 1 N–H and O–H groups in total. The Bertz CT molecular complexity index is 1240. The van der Waals surface area contributed by atoms with E-state index >= 15 is 0 Å². The second-order valence-corrected chi connectivity index (χ2v) is 11.8. The molecular formula is C34H48ClN5O. The summed E-state index contributed by atoms with van der Waals surface area (Å²) in [6.07, 6.45) is 14.1. The minimum atomic E-state index is -0.0679. The number of hydrogen-bond donors (Lipinski definition) is 1. The van der Waals surface area contributed by atoms with Crippen LogP contribution >= 0.6 is 11.6 Å². The van der Waals surface area contributed by atoms with Crippen molar-refractivity contribution < 1.29 is 4.79 Å². The minimum Gasteiger partial charge on any atom is -0.335 e. The second kappa shape index (κ2) is 15.8. The first-order valence-electron chi connectivity index (χ1n) is 15.0. The van der Waals surface area contributed by atoms with Gasteiger partial charge >= 0.3 is 6.03 Å². The van der Waals surface area contributed by atoms with Crippen molar-refractivity contribution in [2.45, 2.75) is 90.6 Å². The standard InChI is InChI=1S/C34H48ClN5O/c1-8-27(18-20-39(7)34(41)38-29-14-12-10-11-13-15-29)32(33(24(3)4)36-9-2)30-17-16-28(35)22-31(30)25(5)23-40-21-19-37-26(40)6/h9,16-17,19,21-22,27,29,32H,2-3,5,8,10-15,18,20,23H2,1,4,6-7H3,(H,38,41). The number of amides is 2. The Morgan fingerprint density at radius 1 is 1.27 bits per heavy atom. The average molecular weight is 578 g/mol. The van der Waals surface area contributed by atoms with Gasteiger partial charge < -0.3 is 14.8 Å². The highest BCUT2D eigenvalue weighted by Crippen LogP contribution is 2.39. The van der Waals surface area contributed by atoms with Gasteiger partial charge in [-0.05, 0) is 73.4 Å². The molecule has 222 valence electrons. The van der Waals surface area contributed by atoms with Gasteiger partial charge in [0, 0.05) is 55.7 Å². The molecule has 41 heavy (non-hydrogen) atoms. The fourth-order valence-corrected chi connectivity index (χ4v) is 6.09. The number of urea groups is 1. The second-order valence-electron chi connectivity index (χ2n) is 11.4. The molecule has 2 unspecified atom stereocenters. The third-order valence-corrected chi connectivity index (χ3v) is 8.57. The lowest BCUT2D eigenvalue weighted by atomic mass is 9.75. The van der Waals surface area contributed by atoms with Crippen molar-refractivity contribution >= 4 is 28.9 Å². The van der Waals surface area contributed by atoms with Crippen molar-refractivity contribution in [3.05, 3.63) is 84.1 Å². The monoisotopic (exact) mass is 577 g/mol. The molecule has 1 aromatic carbocycles. The van der Waals surface area contributed by atoms with E-state index in [0.717, 1.165) is 59.5 Å². The third kappa shape index (κ3) is 8.93. The number of aryl methyl sites for hydroxylation is 1. The highest BCUT2D eigenvalue weighted by Gasteiger charge is 2.30. The number of nitrogens with one attached hydrogen (secondary N) is 1. The van der Waals surface area contributed by atoms with E-state index < -0.39 is 0 Å². The number of aromatic nitrogens is 2. The van der Waals surface area contributed by atoms with Crippen LogP contribution in [0.3, 0.4) is 0 Å². The number of carbonyl (C=O) groups excluding carboxylic acids is 1. The molecule has 0 saturated heterocycles. The zero-order valence-electron chi connectivity index (χ0n) is 25.5. The first-order chi connectivity index (χ1) is 19.7. The fraction of sp³-hybridized carbons (Fsp3) is 0.500. The zero-order valence-corrected chi connectivity index (χ0v) is 26.2. The number of rotatable bonds is 13. The van der Waals surface area contributed by atoms with E-state index in [9.17, 15) is 4.79 Å². The number of halogens is 1. The maximum Gasteiger partial charge on any atom is 0.317 e.